The van der Waals surface area contributed by atoms with Crippen LogP contribution in [0.25, 0.3) is 70.9 Å². The molecule has 0 bridgehead atoms. The molecule has 14 rings (SSSR count). The van der Waals surface area contributed by atoms with E-state index in [-0.39, 0.29) is 0 Å². The molecule has 0 N–H and O–H groups in total. The Balaban J connectivity index is 1.03. The third-order valence-electron chi connectivity index (χ3n) is 14.0. The summed E-state index contributed by atoms with van der Waals surface area (Å²) in [6.07, 6.45) is 0. The normalized spacial score (nSPS) is 14.9. The fourth-order valence-corrected chi connectivity index (χ4v) is 12.5. The molecule has 3 heteroatoms. The van der Waals surface area contributed by atoms with Gasteiger partial charge in [0, 0.05) is 43.3 Å². The third kappa shape index (κ3) is 4.99. The summed E-state index contributed by atoms with van der Waals surface area (Å²) in [5, 5.41) is 9.99. The van der Waals surface area contributed by atoms with Gasteiger partial charge in [-0.2, -0.15) is 0 Å². The molecule has 0 fully saturated rings. The number of para-hydroxylation sites is 1. The third-order valence-corrected chi connectivity index (χ3v) is 15.1. The number of aromatic nitrogens is 1. The van der Waals surface area contributed by atoms with Gasteiger partial charge in [0.15, 0.2) is 0 Å². The van der Waals surface area contributed by atoms with Crippen molar-refractivity contribution in [3.63, 3.8) is 0 Å². The minimum Gasteiger partial charge on any atom is -0.310 e. The topological polar surface area (TPSA) is 8.17 Å². The number of hydrogen-bond acceptors (Lipinski definition) is 2. The molecule has 12 aromatic rings. The van der Waals surface area contributed by atoms with Gasteiger partial charge in [0.25, 0.3) is 0 Å². The zero-order valence-electron chi connectivity index (χ0n) is 34.7. The number of anilines is 3. The predicted octanol–water partition coefficient (Wildman–Crippen LogP) is 16.5. The van der Waals surface area contributed by atoms with E-state index in [1.165, 1.54) is 97.3 Å². The monoisotopic (exact) mass is 830 g/mol. The first-order valence-electron chi connectivity index (χ1n) is 22.1. The Morgan fingerprint density at radius 2 is 0.922 bits per heavy atom. The first-order chi connectivity index (χ1) is 31.7. The van der Waals surface area contributed by atoms with Crippen LogP contribution in [0.3, 0.4) is 0 Å². The van der Waals surface area contributed by atoms with E-state index in [4.69, 9.17) is 0 Å². The van der Waals surface area contributed by atoms with Gasteiger partial charge in [0.05, 0.1) is 16.4 Å². The van der Waals surface area contributed by atoms with Crippen LogP contribution in [0, 0.1) is 0 Å². The van der Waals surface area contributed by atoms with Gasteiger partial charge < -0.3 is 9.47 Å². The molecule has 1 aliphatic heterocycles. The summed E-state index contributed by atoms with van der Waals surface area (Å²) in [6, 6.07) is 86.1. The Morgan fingerprint density at radius 1 is 0.344 bits per heavy atom. The van der Waals surface area contributed by atoms with Crippen LogP contribution in [0.15, 0.2) is 240 Å². The summed E-state index contributed by atoms with van der Waals surface area (Å²) in [4.78, 5) is 5.02. The molecule has 11 aromatic carbocycles. The molecule has 2 nitrogen and oxygen atoms in total. The summed E-state index contributed by atoms with van der Waals surface area (Å²) in [5.41, 5.74) is 14.3. The molecule has 0 amide bonds. The Labute approximate surface area is 375 Å². The van der Waals surface area contributed by atoms with Gasteiger partial charge in [-0.25, -0.2) is 0 Å². The SMILES string of the molecule is c1ccc2c(c1)Sc1cc(N(c3ccc4ccccc4c3)c3ccc4c5ccccc5n(-c5ccc6ccccc6c5)c4c3)ccc1C21c2ccccc2-c2cccc3cccc1c23. The van der Waals surface area contributed by atoms with Gasteiger partial charge in [-0.15, -0.1) is 0 Å². The Hall–Kier alpha value is -7.85. The highest BCUT2D eigenvalue weighted by Crippen LogP contribution is 2.61. The minimum atomic E-state index is -0.506. The Bertz CT molecular complexity index is 3910. The molecule has 1 aliphatic carbocycles. The molecular formula is C61H38N2S. The number of rotatable bonds is 4. The lowest BCUT2D eigenvalue weighted by atomic mass is 9.59. The van der Waals surface area contributed by atoms with Gasteiger partial charge in [-0.1, -0.05) is 182 Å². The van der Waals surface area contributed by atoms with Crippen LogP contribution < -0.4 is 4.90 Å². The van der Waals surface area contributed by atoms with Crippen LogP contribution in [0.1, 0.15) is 22.3 Å². The number of hydrogen-bond donors (Lipinski definition) is 0. The molecule has 298 valence electrons. The minimum absolute atomic E-state index is 0.506. The lowest BCUT2D eigenvalue weighted by Crippen LogP contribution is -2.36. The lowest BCUT2D eigenvalue weighted by molar-refractivity contribution is 0.707. The van der Waals surface area contributed by atoms with E-state index >= 15 is 0 Å². The van der Waals surface area contributed by atoms with E-state index in [0.29, 0.717) is 0 Å². The molecule has 1 aromatic heterocycles. The lowest BCUT2D eigenvalue weighted by Gasteiger charge is -2.46. The maximum atomic E-state index is 2.47. The second kappa shape index (κ2) is 13.6. The van der Waals surface area contributed by atoms with Crippen LogP contribution in [-0.4, -0.2) is 4.57 Å². The highest BCUT2D eigenvalue weighted by molar-refractivity contribution is 7.99. The van der Waals surface area contributed by atoms with Crippen molar-refractivity contribution < 1.29 is 0 Å². The smallest absolute Gasteiger partial charge is 0.0735 e. The van der Waals surface area contributed by atoms with Gasteiger partial charge in [0.1, 0.15) is 0 Å². The molecular weight excluding hydrogens is 793 g/mol. The fourth-order valence-electron chi connectivity index (χ4n) is 11.3. The maximum Gasteiger partial charge on any atom is 0.0735 e. The second-order valence-corrected chi connectivity index (χ2v) is 18.3. The van der Waals surface area contributed by atoms with Crippen molar-refractivity contribution in [2.45, 2.75) is 15.2 Å². The second-order valence-electron chi connectivity index (χ2n) is 17.2. The van der Waals surface area contributed by atoms with Crippen LogP contribution in [0.5, 0.6) is 0 Å². The summed E-state index contributed by atoms with van der Waals surface area (Å²) < 4.78 is 2.45. The van der Waals surface area contributed by atoms with E-state index < -0.39 is 5.41 Å². The van der Waals surface area contributed by atoms with E-state index in [9.17, 15) is 0 Å². The van der Waals surface area contributed by atoms with Gasteiger partial charge in [-0.05, 0) is 126 Å². The zero-order chi connectivity index (χ0) is 41.9. The average molecular weight is 831 g/mol. The van der Waals surface area contributed by atoms with Crippen molar-refractivity contribution in [3.8, 4) is 16.8 Å². The van der Waals surface area contributed by atoms with Crippen molar-refractivity contribution in [1.29, 1.82) is 0 Å². The molecule has 0 saturated carbocycles. The molecule has 2 aliphatic rings. The van der Waals surface area contributed by atoms with Crippen molar-refractivity contribution in [3.05, 3.63) is 253 Å². The first kappa shape index (κ1) is 35.7. The highest BCUT2D eigenvalue weighted by Gasteiger charge is 2.48. The zero-order valence-corrected chi connectivity index (χ0v) is 35.6. The Kier molecular flexibility index (Phi) is 7.57. The van der Waals surface area contributed by atoms with E-state index in [1.54, 1.807) is 0 Å². The fraction of sp³-hybridized carbons (Fsp3) is 0.0164. The number of benzene rings is 11. The summed E-state index contributed by atoms with van der Waals surface area (Å²) in [7, 11) is 0. The molecule has 64 heavy (non-hydrogen) atoms. The molecule has 2 heterocycles. The van der Waals surface area contributed by atoms with Crippen LogP contribution in [0.4, 0.5) is 17.1 Å². The van der Waals surface area contributed by atoms with Crippen molar-refractivity contribution in [1.82, 2.24) is 4.57 Å². The molecule has 0 saturated heterocycles. The number of fused-ring (bicyclic) bond motifs is 13. The quantitative estimate of drug-likeness (QED) is 0.175. The summed E-state index contributed by atoms with van der Waals surface area (Å²) in [6.45, 7) is 0. The van der Waals surface area contributed by atoms with E-state index in [2.05, 4.69) is 240 Å². The standard InChI is InChI=1S/C61H38N2S/c1-3-15-42-35-44(29-27-39(42)13-1)62(46-31-33-50-49-20-6-9-25-56(49)63(57(50)37-46)45-30-28-40-14-2-4-16-43(40)36-45)47-32-34-54-59(38-47)64-58-26-10-8-23-53(58)61(54)52-22-7-5-19-48(52)51-21-11-17-41-18-12-24-55(61)60(41)51/h1-38H. The molecule has 0 radical (unpaired) electrons. The van der Waals surface area contributed by atoms with Gasteiger partial charge in [0.2, 0.25) is 0 Å². The maximum absolute atomic E-state index is 2.47. The predicted molar refractivity (Wildman–Crippen MR) is 269 cm³/mol. The number of nitrogens with zero attached hydrogens (tertiary/aromatic N) is 2. The molecule has 1 atom stereocenters. The average Bonchev–Trinajstić information content (AvgIpc) is 3.69. The van der Waals surface area contributed by atoms with Crippen LogP contribution in [-0.2, 0) is 5.41 Å². The highest BCUT2D eigenvalue weighted by atomic mass is 32.2. The van der Waals surface area contributed by atoms with E-state index in [0.717, 1.165) is 22.7 Å². The molecule has 1 unspecified atom stereocenters. The van der Waals surface area contributed by atoms with Crippen LogP contribution in [0.2, 0.25) is 0 Å². The van der Waals surface area contributed by atoms with Crippen LogP contribution >= 0.6 is 11.8 Å². The van der Waals surface area contributed by atoms with Crippen molar-refractivity contribution >= 4 is 82.9 Å². The summed E-state index contributed by atoms with van der Waals surface area (Å²) >= 11 is 1.90. The summed E-state index contributed by atoms with van der Waals surface area (Å²) in [5.74, 6) is 0. The van der Waals surface area contributed by atoms with E-state index in [1.807, 2.05) is 11.8 Å². The first-order valence-corrected chi connectivity index (χ1v) is 22.9. The Morgan fingerprint density at radius 3 is 1.80 bits per heavy atom. The van der Waals surface area contributed by atoms with Crippen molar-refractivity contribution in [2.24, 2.45) is 0 Å². The van der Waals surface area contributed by atoms with Crippen molar-refractivity contribution in [2.75, 3.05) is 4.90 Å². The van der Waals surface area contributed by atoms with Gasteiger partial charge in [-0.3, -0.25) is 0 Å². The largest absolute Gasteiger partial charge is 0.310 e. The molecule has 1 spiro atoms. The van der Waals surface area contributed by atoms with Gasteiger partial charge >= 0.3 is 0 Å².